The fraction of sp³-hybridized carbons (Fsp3) is 0.391. The summed E-state index contributed by atoms with van der Waals surface area (Å²) >= 11 is 0. The number of nitrogens with two attached hydrogens (primary N) is 2. The molecule has 11 heteroatoms. The molecule has 2 fully saturated rings. The highest BCUT2D eigenvalue weighted by Gasteiger charge is 2.24. The maximum absolute atomic E-state index is 12.9. The van der Waals surface area contributed by atoms with Crippen LogP contribution in [0.4, 0.5) is 23.1 Å². The number of nitrogens with one attached hydrogen (secondary N) is 2. The Morgan fingerprint density at radius 2 is 2.00 bits per heavy atom. The van der Waals surface area contributed by atoms with Gasteiger partial charge in [0.2, 0.25) is 11.4 Å². The lowest BCUT2D eigenvalue weighted by Crippen LogP contribution is -2.36. The Morgan fingerprint density at radius 3 is 2.68 bits per heavy atom. The van der Waals surface area contributed by atoms with Crippen molar-refractivity contribution in [2.45, 2.75) is 13.0 Å². The van der Waals surface area contributed by atoms with Crippen LogP contribution in [0.2, 0.25) is 0 Å². The van der Waals surface area contributed by atoms with Gasteiger partial charge in [-0.2, -0.15) is 4.98 Å². The normalized spacial score (nSPS) is 18.4. The number of pyridine rings is 1. The lowest BCUT2D eigenvalue weighted by molar-refractivity contribution is 0.0999. The van der Waals surface area contributed by atoms with Crippen LogP contribution < -0.4 is 32.4 Å². The molecule has 1 amide bonds. The average molecular weight is 465 g/mol. The lowest BCUT2D eigenvalue weighted by atomic mass is 10.1. The van der Waals surface area contributed by atoms with Gasteiger partial charge in [-0.1, -0.05) is 0 Å². The minimum Gasteiger partial charge on any atom is -0.384 e. The second kappa shape index (κ2) is 9.27. The van der Waals surface area contributed by atoms with E-state index in [1.54, 1.807) is 4.57 Å². The van der Waals surface area contributed by atoms with Crippen LogP contribution in [0, 0.1) is 5.92 Å². The van der Waals surface area contributed by atoms with Crippen LogP contribution in [0.1, 0.15) is 16.8 Å². The van der Waals surface area contributed by atoms with Crippen LogP contribution >= 0.6 is 0 Å². The molecular weight excluding hydrogens is 436 g/mol. The first kappa shape index (κ1) is 22.1. The van der Waals surface area contributed by atoms with Crippen LogP contribution in [-0.2, 0) is 11.3 Å². The molecule has 2 aromatic heterocycles. The molecular formula is C23H28N8O3. The highest BCUT2D eigenvalue weighted by atomic mass is 16.5. The molecule has 2 aliphatic heterocycles. The maximum Gasteiger partial charge on any atom is 0.256 e. The van der Waals surface area contributed by atoms with E-state index in [1.165, 1.54) is 6.20 Å². The molecule has 0 saturated carbocycles. The minimum atomic E-state index is -0.856. The number of fused-ring (bicyclic) bond motifs is 1. The molecule has 6 N–H and O–H groups in total. The molecule has 0 aliphatic carbocycles. The van der Waals surface area contributed by atoms with Crippen molar-refractivity contribution in [1.82, 2.24) is 19.9 Å². The Balaban J connectivity index is 1.48. The Hall–Kier alpha value is -3.70. The van der Waals surface area contributed by atoms with Gasteiger partial charge in [0.1, 0.15) is 11.4 Å². The molecule has 5 rings (SSSR count). The summed E-state index contributed by atoms with van der Waals surface area (Å²) in [5.41, 5.74) is 13.3. The number of hydrogen-bond donors (Lipinski definition) is 4. The smallest absolute Gasteiger partial charge is 0.256 e. The predicted octanol–water partition coefficient (Wildman–Crippen LogP) is 0.662. The van der Waals surface area contributed by atoms with E-state index in [0.717, 1.165) is 57.2 Å². The van der Waals surface area contributed by atoms with Gasteiger partial charge < -0.3 is 36.3 Å². The molecule has 0 spiro atoms. The van der Waals surface area contributed by atoms with E-state index < -0.39 is 11.3 Å². The van der Waals surface area contributed by atoms with Crippen LogP contribution in [0.25, 0.3) is 11.0 Å². The third kappa shape index (κ3) is 4.27. The monoisotopic (exact) mass is 464 g/mol. The predicted molar refractivity (Wildman–Crippen MR) is 130 cm³/mol. The number of amides is 1. The molecule has 0 bridgehead atoms. The third-order valence-electron chi connectivity index (χ3n) is 6.39. The van der Waals surface area contributed by atoms with Crippen molar-refractivity contribution in [3.05, 3.63) is 46.2 Å². The molecule has 178 valence electrons. The van der Waals surface area contributed by atoms with Crippen LogP contribution in [0.5, 0.6) is 0 Å². The number of aromatic nitrogens is 3. The molecule has 34 heavy (non-hydrogen) atoms. The van der Waals surface area contributed by atoms with Gasteiger partial charge in [-0.05, 0) is 49.7 Å². The topological polar surface area (TPSA) is 153 Å². The van der Waals surface area contributed by atoms with E-state index in [-0.39, 0.29) is 16.8 Å². The van der Waals surface area contributed by atoms with Crippen molar-refractivity contribution in [3.8, 4) is 0 Å². The van der Waals surface area contributed by atoms with Gasteiger partial charge in [0.05, 0.1) is 18.6 Å². The number of carbonyl (C=O) groups is 1. The van der Waals surface area contributed by atoms with E-state index in [2.05, 4.69) is 25.5 Å². The molecule has 2 saturated heterocycles. The number of benzene rings is 1. The Morgan fingerprint density at radius 1 is 1.24 bits per heavy atom. The van der Waals surface area contributed by atoms with Crippen molar-refractivity contribution >= 4 is 40.1 Å². The van der Waals surface area contributed by atoms with E-state index >= 15 is 0 Å². The Kier molecular flexibility index (Phi) is 6.03. The van der Waals surface area contributed by atoms with Gasteiger partial charge in [0, 0.05) is 37.2 Å². The second-order valence-electron chi connectivity index (χ2n) is 8.63. The van der Waals surface area contributed by atoms with Gasteiger partial charge >= 0.3 is 0 Å². The molecule has 3 aromatic rings. The molecule has 1 unspecified atom stereocenters. The summed E-state index contributed by atoms with van der Waals surface area (Å²) in [5, 5.41) is 6.73. The van der Waals surface area contributed by atoms with Crippen molar-refractivity contribution in [2.24, 2.45) is 11.7 Å². The first-order chi connectivity index (χ1) is 16.5. The van der Waals surface area contributed by atoms with Crippen LogP contribution in [-0.4, -0.2) is 59.8 Å². The Bertz CT molecular complexity index is 1260. The number of hydrogen-bond acceptors (Lipinski definition) is 9. The highest BCUT2D eigenvalue weighted by molar-refractivity contribution is 6.00. The van der Waals surface area contributed by atoms with Crippen LogP contribution in [0.3, 0.4) is 0 Å². The lowest BCUT2D eigenvalue weighted by Gasteiger charge is -2.28. The fourth-order valence-electron chi connectivity index (χ4n) is 4.56. The average Bonchev–Trinajstić information content (AvgIpc) is 3.36. The van der Waals surface area contributed by atoms with Crippen molar-refractivity contribution in [3.63, 3.8) is 0 Å². The first-order valence-corrected chi connectivity index (χ1v) is 11.4. The van der Waals surface area contributed by atoms with Gasteiger partial charge in [0.15, 0.2) is 5.65 Å². The van der Waals surface area contributed by atoms with Crippen molar-refractivity contribution < 1.29 is 9.53 Å². The van der Waals surface area contributed by atoms with Gasteiger partial charge in [-0.3, -0.25) is 9.59 Å². The summed E-state index contributed by atoms with van der Waals surface area (Å²) in [4.78, 5) is 36.1. The number of nitrogens with zero attached hydrogens (tertiary/aromatic N) is 4. The zero-order valence-electron chi connectivity index (χ0n) is 18.8. The molecule has 11 nitrogen and oxygen atoms in total. The molecule has 4 heterocycles. The highest BCUT2D eigenvalue weighted by Crippen LogP contribution is 2.24. The fourth-order valence-corrected chi connectivity index (χ4v) is 4.56. The minimum absolute atomic E-state index is 0.0383. The second-order valence-corrected chi connectivity index (χ2v) is 8.63. The Labute approximate surface area is 196 Å². The molecule has 1 aromatic carbocycles. The maximum atomic E-state index is 12.9. The van der Waals surface area contributed by atoms with Crippen molar-refractivity contribution in [2.75, 3.05) is 55.3 Å². The quantitative estimate of drug-likeness (QED) is 0.412. The summed E-state index contributed by atoms with van der Waals surface area (Å²) in [7, 11) is 0. The third-order valence-corrected chi connectivity index (χ3v) is 6.39. The van der Waals surface area contributed by atoms with Gasteiger partial charge in [0.25, 0.3) is 5.91 Å². The largest absolute Gasteiger partial charge is 0.384 e. The van der Waals surface area contributed by atoms with E-state index in [0.29, 0.717) is 24.1 Å². The number of rotatable bonds is 6. The molecule has 1 atom stereocenters. The standard InChI is InChI=1S/C23H28N8O3/c24-20-18(21(25)33)19(32)17-12-27-23(29-22(17)31(20)13-14-5-6-26-11-14)28-15-1-3-16(4-2-15)30-7-9-34-10-8-30/h1-4,12,14,26H,5-11,13,24H2,(H2,25,33)(H,27,28,29). The zero-order valence-corrected chi connectivity index (χ0v) is 18.8. The SMILES string of the molecule is NC(=O)c1c(N)n(CC2CCNC2)c2nc(Nc3ccc(N4CCOCC4)cc3)ncc2c1=O. The summed E-state index contributed by atoms with van der Waals surface area (Å²) < 4.78 is 7.13. The summed E-state index contributed by atoms with van der Waals surface area (Å²) in [6, 6.07) is 7.99. The van der Waals surface area contributed by atoms with Crippen LogP contribution in [0.15, 0.2) is 35.3 Å². The number of primary amides is 1. The number of nitrogen functional groups attached to an aromatic ring is 1. The van der Waals surface area contributed by atoms with E-state index in [1.807, 2.05) is 24.3 Å². The molecule has 2 aliphatic rings. The van der Waals surface area contributed by atoms with Gasteiger partial charge in [-0.15, -0.1) is 0 Å². The number of morpholine rings is 1. The summed E-state index contributed by atoms with van der Waals surface area (Å²) in [6.07, 6.45) is 2.38. The van der Waals surface area contributed by atoms with Crippen molar-refractivity contribution in [1.29, 1.82) is 0 Å². The number of ether oxygens (including phenoxy) is 1. The first-order valence-electron chi connectivity index (χ1n) is 11.4. The number of anilines is 4. The summed E-state index contributed by atoms with van der Waals surface area (Å²) in [5.74, 6) is -0.190. The number of carbonyl (C=O) groups excluding carboxylic acids is 1. The molecule has 0 radical (unpaired) electrons. The zero-order chi connectivity index (χ0) is 23.7. The van der Waals surface area contributed by atoms with Gasteiger partial charge in [-0.25, -0.2) is 4.98 Å². The summed E-state index contributed by atoms with van der Waals surface area (Å²) in [6.45, 7) is 5.43. The van der Waals surface area contributed by atoms with E-state index in [4.69, 9.17) is 16.2 Å². The van der Waals surface area contributed by atoms with E-state index in [9.17, 15) is 9.59 Å².